The molecule has 0 spiro atoms. The number of amides is 2. The van der Waals surface area contributed by atoms with E-state index in [9.17, 15) is 24.3 Å². The number of ether oxygens (including phenoxy) is 2. The van der Waals surface area contributed by atoms with Gasteiger partial charge in [-0.3, -0.25) is 19.0 Å². The third kappa shape index (κ3) is 6.56. The minimum absolute atomic E-state index is 0.0310. The molecule has 2 amide bonds. The normalized spacial score (nSPS) is 18.1. The lowest BCUT2D eigenvalue weighted by Gasteiger charge is -2.31. The van der Waals surface area contributed by atoms with Crippen molar-refractivity contribution in [1.29, 1.82) is 0 Å². The number of hydrogen-bond acceptors (Lipinski definition) is 8. The van der Waals surface area contributed by atoms with Crippen molar-refractivity contribution >= 4 is 33.4 Å². The summed E-state index contributed by atoms with van der Waals surface area (Å²) in [5.74, 6) is -0.609. The number of hydrogen-bond donors (Lipinski definition) is 3. The van der Waals surface area contributed by atoms with Crippen molar-refractivity contribution in [2.24, 2.45) is 5.73 Å². The number of aliphatic hydroxyl groups excluding tert-OH is 1. The third-order valence-corrected chi connectivity index (χ3v) is 9.21. The first kappa shape index (κ1) is 32.4. The van der Waals surface area contributed by atoms with Gasteiger partial charge >= 0.3 is 5.69 Å². The maximum absolute atomic E-state index is 14.2. The maximum atomic E-state index is 14.2. The van der Waals surface area contributed by atoms with E-state index >= 15 is 0 Å². The second-order valence-corrected chi connectivity index (χ2v) is 12.8. The largest absolute Gasteiger partial charge is 0.491 e. The smallest absolute Gasteiger partial charge is 0.333 e. The SMILES string of the molecule is CCNC(=O)c1sc2c(c1C)c(=O)n(C(C)(C)C(N)=O)c(=O)n2C[C@H](O[C@H]1CC[C@@H](O)CC1)c1ccccc1OC(C)C. The zero-order valence-corrected chi connectivity index (χ0v) is 26.5. The molecule has 3 aromatic rings. The molecule has 4 rings (SSSR count). The van der Waals surface area contributed by atoms with Crippen LogP contribution in [0.5, 0.6) is 5.75 Å². The summed E-state index contributed by atoms with van der Waals surface area (Å²) < 4.78 is 15.1. The average Bonchev–Trinajstić information content (AvgIpc) is 3.29. The molecule has 0 radical (unpaired) electrons. The van der Waals surface area contributed by atoms with Gasteiger partial charge in [0.2, 0.25) is 5.91 Å². The summed E-state index contributed by atoms with van der Waals surface area (Å²) in [5.41, 5.74) is 3.74. The van der Waals surface area contributed by atoms with Crippen molar-refractivity contribution in [3.05, 3.63) is 61.1 Å². The number of aryl methyl sites for hydroxylation is 1. The van der Waals surface area contributed by atoms with Gasteiger partial charge in [0.15, 0.2) is 0 Å². The van der Waals surface area contributed by atoms with E-state index in [0.717, 1.165) is 15.9 Å². The van der Waals surface area contributed by atoms with E-state index < -0.39 is 28.8 Å². The summed E-state index contributed by atoms with van der Waals surface area (Å²) in [7, 11) is 0. The van der Waals surface area contributed by atoms with E-state index in [2.05, 4.69) is 5.32 Å². The molecule has 4 N–H and O–H groups in total. The summed E-state index contributed by atoms with van der Waals surface area (Å²) in [6.07, 6.45) is 1.10. The summed E-state index contributed by atoms with van der Waals surface area (Å²) in [6, 6.07) is 7.44. The van der Waals surface area contributed by atoms with E-state index in [4.69, 9.17) is 15.2 Å². The molecular formula is C31H42N4O7S. The number of thiophene rings is 1. The number of fused-ring (bicyclic) bond motifs is 1. The molecule has 0 aliphatic heterocycles. The first-order valence-corrected chi connectivity index (χ1v) is 15.6. The van der Waals surface area contributed by atoms with Gasteiger partial charge < -0.3 is 25.6 Å². The number of rotatable bonds is 11. The van der Waals surface area contributed by atoms with Crippen molar-refractivity contribution in [2.45, 2.75) is 104 Å². The Morgan fingerprint density at radius 1 is 1.16 bits per heavy atom. The highest BCUT2D eigenvalue weighted by atomic mass is 32.1. The molecule has 0 saturated heterocycles. The highest BCUT2D eigenvalue weighted by Gasteiger charge is 2.35. The van der Waals surface area contributed by atoms with E-state index in [-0.39, 0.29) is 36.2 Å². The van der Waals surface area contributed by atoms with E-state index in [0.29, 0.717) is 58.8 Å². The number of nitrogens with two attached hydrogens (primary N) is 1. The minimum atomic E-state index is -1.65. The molecule has 1 fully saturated rings. The molecule has 1 aliphatic rings. The van der Waals surface area contributed by atoms with Crippen molar-refractivity contribution in [3.63, 3.8) is 0 Å². The number of carbonyl (C=O) groups excluding carboxylic acids is 2. The second kappa shape index (κ2) is 13.0. The summed E-state index contributed by atoms with van der Waals surface area (Å²) >= 11 is 1.05. The number of benzene rings is 1. The Morgan fingerprint density at radius 3 is 2.42 bits per heavy atom. The first-order valence-electron chi connectivity index (χ1n) is 14.7. The molecule has 1 atom stereocenters. The van der Waals surface area contributed by atoms with E-state index in [1.165, 1.54) is 18.4 Å². The van der Waals surface area contributed by atoms with Crippen molar-refractivity contribution in [3.8, 4) is 5.75 Å². The molecule has 2 heterocycles. The van der Waals surface area contributed by atoms with Crippen LogP contribution in [0.2, 0.25) is 0 Å². The van der Waals surface area contributed by atoms with Crippen LogP contribution < -0.4 is 27.0 Å². The standard InChI is InChI=1S/C31H42N4O7S/c1-7-33-26(37)25-18(4)24-27(38)35(31(5,6)29(32)39)30(40)34(28(24)43-25)16-23(42-20-14-12-19(36)13-15-20)21-10-8-9-11-22(21)41-17(2)3/h8-11,17,19-20,23,36H,7,12-16H2,1-6H3,(H2,32,39)(H,33,37)/t19-,20+,23-/m0/s1. The van der Waals surface area contributed by atoms with Gasteiger partial charge in [0, 0.05) is 12.1 Å². The molecule has 43 heavy (non-hydrogen) atoms. The van der Waals surface area contributed by atoms with Gasteiger partial charge in [0.25, 0.3) is 11.5 Å². The molecule has 1 aliphatic carbocycles. The van der Waals surface area contributed by atoms with Gasteiger partial charge in [-0.1, -0.05) is 18.2 Å². The topological polar surface area (TPSA) is 155 Å². The van der Waals surface area contributed by atoms with Gasteiger partial charge in [-0.2, -0.15) is 0 Å². The molecule has 234 valence electrons. The zero-order valence-electron chi connectivity index (χ0n) is 25.6. The van der Waals surface area contributed by atoms with Gasteiger partial charge in [0.05, 0.1) is 35.1 Å². The molecule has 12 heteroatoms. The van der Waals surface area contributed by atoms with Crippen LogP contribution in [0, 0.1) is 6.92 Å². The molecule has 1 saturated carbocycles. The Morgan fingerprint density at radius 2 is 1.81 bits per heavy atom. The quantitative estimate of drug-likeness (QED) is 0.299. The van der Waals surface area contributed by atoms with Crippen LogP contribution in [0.4, 0.5) is 0 Å². The van der Waals surface area contributed by atoms with Crippen LogP contribution in [-0.2, 0) is 21.6 Å². The molecule has 2 aromatic heterocycles. The van der Waals surface area contributed by atoms with Gasteiger partial charge in [-0.15, -0.1) is 11.3 Å². The van der Waals surface area contributed by atoms with Crippen molar-refractivity contribution < 1.29 is 24.2 Å². The lowest BCUT2D eigenvalue weighted by atomic mass is 9.94. The fourth-order valence-corrected chi connectivity index (χ4v) is 6.69. The van der Waals surface area contributed by atoms with Crippen LogP contribution in [0.1, 0.15) is 87.2 Å². The van der Waals surface area contributed by atoms with Crippen molar-refractivity contribution in [2.75, 3.05) is 6.54 Å². The Balaban J connectivity index is 1.98. The number of aromatic nitrogens is 2. The zero-order chi connectivity index (χ0) is 31.6. The molecule has 0 unspecified atom stereocenters. The Kier molecular flexibility index (Phi) is 9.83. The predicted octanol–water partition coefficient (Wildman–Crippen LogP) is 3.35. The molecule has 11 nitrogen and oxygen atoms in total. The maximum Gasteiger partial charge on any atom is 0.333 e. The summed E-state index contributed by atoms with van der Waals surface area (Å²) in [4.78, 5) is 54.2. The number of nitrogens with zero attached hydrogens (tertiary/aromatic N) is 2. The number of nitrogens with one attached hydrogen (secondary N) is 1. The Bertz CT molecular complexity index is 1610. The van der Waals surface area contributed by atoms with Crippen LogP contribution in [-0.4, -0.2) is 50.9 Å². The number of primary amides is 1. The fraction of sp³-hybridized carbons (Fsp3) is 0.548. The lowest BCUT2D eigenvalue weighted by Crippen LogP contribution is -2.54. The van der Waals surface area contributed by atoms with Crippen molar-refractivity contribution in [1.82, 2.24) is 14.5 Å². The number of aliphatic hydroxyl groups is 1. The van der Waals surface area contributed by atoms with Crippen LogP contribution in [0.3, 0.4) is 0 Å². The lowest BCUT2D eigenvalue weighted by molar-refractivity contribution is -0.125. The minimum Gasteiger partial charge on any atom is -0.491 e. The first-order chi connectivity index (χ1) is 20.3. The average molecular weight is 615 g/mol. The van der Waals surface area contributed by atoms with Gasteiger partial charge in [-0.05, 0) is 78.9 Å². The second-order valence-electron chi connectivity index (χ2n) is 11.8. The molecule has 0 bridgehead atoms. The third-order valence-electron chi connectivity index (χ3n) is 7.90. The van der Waals surface area contributed by atoms with E-state index in [1.807, 2.05) is 38.1 Å². The molecule has 1 aromatic carbocycles. The number of carbonyl (C=O) groups is 2. The Labute approximate surface area is 254 Å². The van der Waals surface area contributed by atoms with Gasteiger partial charge in [0.1, 0.15) is 22.2 Å². The Hall–Kier alpha value is -3.48. The van der Waals surface area contributed by atoms with E-state index in [1.54, 1.807) is 13.8 Å². The van der Waals surface area contributed by atoms with Crippen LogP contribution >= 0.6 is 11.3 Å². The summed E-state index contributed by atoms with van der Waals surface area (Å²) in [5, 5.41) is 13.0. The predicted molar refractivity (Wildman–Crippen MR) is 166 cm³/mol. The van der Waals surface area contributed by atoms with Gasteiger partial charge in [-0.25, -0.2) is 9.36 Å². The number of para-hydroxylation sites is 1. The summed E-state index contributed by atoms with van der Waals surface area (Å²) in [6.45, 7) is 10.5. The fourth-order valence-electron chi connectivity index (χ4n) is 5.47. The monoisotopic (exact) mass is 614 g/mol. The highest BCUT2D eigenvalue weighted by Crippen LogP contribution is 2.35. The highest BCUT2D eigenvalue weighted by molar-refractivity contribution is 7.20. The molecular weight excluding hydrogens is 572 g/mol. The van der Waals surface area contributed by atoms with Crippen LogP contribution in [0.25, 0.3) is 10.2 Å². The van der Waals surface area contributed by atoms with Crippen LogP contribution in [0.15, 0.2) is 33.9 Å².